The van der Waals surface area contributed by atoms with Crippen LogP contribution in [0.1, 0.15) is 30.6 Å². The molecular weight excluding hydrogens is 316 g/mol. The van der Waals surface area contributed by atoms with E-state index in [1.165, 1.54) is 0 Å². The summed E-state index contributed by atoms with van der Waals surface area (Å²) in [5.74, 6) is -0.148. The summed E-state index contributed by atoms with van der Waals surface area (Å²) in [7, 11) is 0. The van der Waals surface area contributed by atoms with Gasteiger partial charge in [-0.15, -0.1) is 0 Å². The third-order valence-corrected chi connectivity index (χ3v) is 4.85. The number of aliphatic hydroxyl groups excluding tert-OH is 1. The molecule has 1 aliphatic rings. The highest BCUT2D eigenvalue weighted by Crippen LogP contribution is 2.25. The van der Waals surface area contributed by atoms with E-state index in [4.69, 9.17) is 11.6 Å². The number of rotatable bonds is 5. The molecule has 1 fully saturated rings. The van der Waals surface area contributed by atoms with Crippen LogP contribution in [-0.2, 0) is 0 Å². The van der Waals surface area contributed by atoms with Crippen LogP contribution < -0.4 is 0 Å². The maximum atomic E-state index is 12.5. The van der Waals surface area contributed by atoms with E-state index in [9.17, 15) is 15.0 Å². The third-order valence-electron chi connectivity index (χ3n) is 4.60. The predicted octanol–water partition coefficient (Wildman–Crippen LogP) is 1.62. The lowest BCUT2D eigenvalue weighted by atomic mass is 9.87. The number of β-amino-alcohol motifs (C(OH)–C–C–N with tert-alkyl or cyclic N) is 1. The van der Waals surface area contributed by atoms with Gasteiger partial charge in [0, 0.05) is 30.2 Å². The Morgan fingerprint density at radius 1 is 1.35 bits per heavy atom. The van der Waals surface area contributed by atoms with E-state index in [1.54, 1.807) is 29.2 Å². The number of carbonyl (C=O) groups excluding carboxylic acids is 1. The fourth-order valence-corrected chi connectivity index (χ4v) is 3.07. The summed E-state index contributed by atoms with van der Waals surface area (Å²) in [5.41, 5.74) is -0.626. The van der Waals surface area contributed by atoms with Crippen molar-refractivity contribution in [2.45, 2.75) is 32.0 Å². The molecule has 2 N–H and O–H groups in total. The minimum atomic E-state index is -1.16. The molecule has 1 aromatic rings. The van der Waals surface area contributed by atoms with E-state index in [-0.39, 0.29) is 12.5 Å². The fourth-order valence-electron chi connectivity index (χ4n) is 2.94. The van der Waals surface area contributed by atoms with Gasteiger partial charge in [0.2, 0.25) is 0 Å². The Morgan fingerprint density at radius 2 is 1.96 bits per heavy atom. The van der Waals surface area contributed by atoms with E-state index in [0.717, 1.165) is 13.1 Å². The molecule has 0 aromatic heterocycles. The number of likely N-dealkylation sites (N-methyl/N-ethyl adjacent to an activating group) is 1. The smallest absolute Gasteiger partial charge is 0.253 e. The van der Waals surface area contributed by atoms with Crippen molar-refractivity contribution in [1.82, 2.24) is 9.80 Å². The lowest BCUT2D eigenvalue weighted by Gasteiger charge is -2.44. The molecule has 2 rings (SSSR count). The summed E-state index contributed by atoms with van der Waals surface area (Å²) in [6, 6.07) is 6.69. The molecule has 128 valence electrons. The quantitative estimate of drug-likeness (QED) is 0.855. The first-order chi connectivity index (χ1) is 10.9. The number of carbonyl (C=O) groups is 1. The van der Waals surface area contributed by atoms with E-state index >= 15 is 0 Å². The number of nitrogens with zero attached hydrogens (tertiary/aromatic N) is 2. The van der Waals surface area contributed by atoms with Gasteiger partial charge in [0.05, 0.1) is 0 Å². The van der Waals surface area contributed by atoms with Crippen LogP contribution in [-0.4, -0.2) is 70.3 Å². The first-order valence-corrected chi connectivity index (χ1v) is 8.45. The SMILES string of the molecule is CCN(CC)C[C@@]1(O)CCN(C(=O)c2ccc(Cl)cc2)C[C@@H]1O. The fraction of sp³-hybridized carbons (Fsp3) is 0.588. The third kappa shape index (κ3) is 4.23. The minimum Gasteiger partial charge on any atom is -0.388 e. The average molecular weight is 341 g/mol. The van der Waals surface area contributed by atoms with Crippen molar-refractivity contribution in [3.05, 3.63) is 34.9 Å². The van der Waals surface area contributed by atoms with Crippen molar-refractivity contribution in [2.75, 3.05) is 32.7 Å². The van der Waals surface area contributed by atoms with Crippen molar-refractivity contribution < 1.29 is 15.0 Å². The van der Waals surface area contributed by atoms with Crippen molar-refractivity contribution >= 4 is 17.5 Å². The minimum absolute atomic E-state index is 0.138. The van der Waals surface area contributed by atoms with E-state index < -0.39 is 11.7 Å². The lowest BCUT2D eigenvalue weighted by molar-refractivity contribution is -0.124. The second kappa shape index (κ2) is 7.62. The van der Waals surface area contributed by atoms with Crippen LogP contribution in [0.3, 0.4) is 0 Å². The van der Waals surface area contributed by atoms with E-state index in [2.05, 4.69) is 4.90 Å². The molecule has 5 nitrogen and oxygen atoms in total. The van der Waals surface area contributed by atoms with Crippen molar-refractivity contribution in [1.29, 1.82) is 0 Å². The summed E-state index contributed by atoms with van der Waals surface area (Å²) < 4.78 is 0. The Morgan fingerprint density at radius 3 is 2.48 bits per heavy atom. The van der Waals surface area contributed by atoms with Gasteiger partial charge in [-0.1, -0.05) is 25.4 Å². The number of benzene rings is 1. The molecule has 6 heteroatoms. The Kier molecular flexibility index (Phi) is 6.03. The van der Waals surface area contributed by atoms with Crippen LogP contribution in [0.25, 0.3) is 0 Å². The molecule has 1 aromatic carbocycles. The van der Waals surface area contributed by atoms with Crippen LogP contribution in [0.4, 0.5) is 0 Å². The summed E-state index contributed by atoms with van der Waals surface area (Å²) in [5, 5.41) is 21.7. The number of likely N-dealkylation sites (tertiary alicyclic amines) is 1. The molecule has 0 saturated carbocycles. The molecule has 1 heterocycles. The molecule has 0 spiro atoms. The van der Waals surface area contributed by atoms with Gasteiger partial charge in [-0.05, 0) is 43.8 Å². The number of hydrogen-bond acceptors (Lipinski definition) is 4. The highest BCUT2D eigenvalue weighted by molar-refractivity contribution is 6.30. The van der Waals surface area contributed by atoms with Gasteiger partial charge in [0.25, 0.3) is 5.91 Å². The number of hydrogen-bond donors (Lipinski definition) is 2. The second-order valence-electron chi connectivity index (χ2n) is 6.09. The molecule has 0 bridgehead atoms. The predicted molar refractivity (Wildman–Crippen MR) is 90.7 cm³/mol. The van der Waals surface area contributed by atoms with Gasteiger partial charge in [0.1, 0.15) is 11.7 Å². The highest BCUT2D eigenvalue weighted by Gasteiger charge is 2.42. The average Bonchev–Trinajstić information content (AvgIpc) is 2.55. The Balaban J connectivity index is 2.02. The number of amides is 1. The molecule has 1 saturated heterocycles. The van der Waals surface area contributed by atoms with Crippen LogP contribution in [0.2, 0.25) is 5.02 Å². The Hall–Kier alpha value is -1.14. The summed E-state index contributed by atoms with van der Waals surface area (Å²) in [6.45, 7) is 6.68. The maximum absolute atomic E-state index is 12.5. The Bertz CT molecular complexity index is 533. The lowest BCUT2D eigenvalue weighted by Crippen LogP contribution is -2.61. The van der Waals surface area contributed by atoms with Crippen LogP contribution >= 0.6 is 11.6 Å². The topological polar surface area (TPSA) is 64.0 Å². The van der Waals surface area contributed by atoms with Crippen molar-refractivity contribution in [3.63, 3.8) is 0 Å². The van der Waals surface area contributed by atoms with Gasteiger partial charge < -0.3 is 20.0 Å². The van der Waals surface area contributed by atoms with Gasteiger partial charge in [-0.25, -0.2) is 0 Å². The van der Waals surface area contributed by atoms with Gasteiger partial charge in [-0.2, -0.15) is 0 Å². The Labute approximate surface area is 142 Å². The summed E-state index contributed by atoms with van der Waals surface area (Å²) in [6.07, 6.45) is -0.586. The highest BCUT2D eigenvalue weighted by atomic mass is 35.5. The number of halogens is 1. The number of piperidine rings is 1. The molecular formula is C17H25ClN2O3. The van der Waals surface area contributed by atoms with E-state index in [1.807, 2.05) is 13.8 Å². The molecule has 1 aliphatic heterocycles. The number of aliphatic hydroxyl groups is 2. The molecule has 2 atom stereocenters. The monoisotopic (exact) mass is 340 g/mol. The van der Waals surface area contributed by atoms with Gasteiger partial charge in [0.15, 0.2) is 0 Å². The molecule has 0 radical (unpaired) electrons. The summed E-state index contributed by atoms with van der Waals surface area (Å²) >= 11 is 5.84. The normalized spacial score (nSPS) is 25.0. The molecule has 0 aliphatic carbocycles. The van der Waals surface area contributed by atoms with Crippen molar-refractivity contribution in [3.8, 4) is 0 Å². The first-order valence-electron chi connectivity index (χ1n) is 8.07. The van der Waals surface area contributed by atoms with Gasteiger partial charge >= 0.3 is 0 Å². The zero-order valence-electron chi connectivity index (χ0n) is 13.7. The van der Waals surface area contributed by atoms with Gasteiger partial charge in [-0.3, -0.25) is 4.79 Å². The summed E-state index contributed by atoms with van der Waals surface area (Å²) in [4.78, 5) is 16.2. The zero-order chi connectivity index (χ0) is 17.0. The van der Waals surface area contributed by atoms with Crippen LogP contribution in [0, 0.1) is 0 Å². The van der Waals surface area contributed by atoms with Crippen molar-refractivity contribution in [2.24, 2.45) is 0 Å². The second-order valence-corrected chi connectivity index (χ2v) is 6.53. The maximum Gasteiger partial charge on any atom is 0.253 e. The van der Waals surface area contributed by atoms with Crippen LogP contribution in [0.5, 0.6) is 0 Å². The molecule has 1 amide bonds. The molecule has 23 heavy (non-hydrogen) atoms. The van der Waals surface area contributed by atoms with Crippen LogP contribution in [0.15, 0.2) is 24.3 Å². The standard InChI is InChI=1S/C17H25ClN2O3/c1-3-19(4-2)12-17(23)9-10-20(11-15(17)21)16(22)13-5-7-14(18)8-6-13/h5-8,15,21,23H,3-4,9-12H2,1-2H3/t15-,17-/m0/s1. The molecule has 0 unspecified atom stereocenters. The van der Waals surface area contributed by atoms with E-state index in [0.29, 0.717) is 30.1 Å². The largest absolute Gasteiger partial charge is 0.388 e. The first kappa shape index (κ1) is 18.2. The zero-order valence-corrected chi connectivity index (χ0v) is 14.5.